The van der Waals surface area contributed by atoms with Crippen LogP contribution in [-0.2, 0) is 26.7 Å². The third kappa shape index (κ3) is 4.92. The second-order valence-corrected chi connectivity index (χ2v) is 11.5. The Labute approximate surface area is 226 Å². The number of hydrogen-bond acceptors (Lipinski definition) is 8. The zero-order valence-electron chi connectivity index (χ0n) is 21.0. The topological polar surface area (TPSA) is 135 Å². The fourth-order valence-corrected chi connectivity index (χ4v) is 6.14. The molecule has 1 fully saturated rings. The number of rotatable bonds is 11. The number of Topliss-reactive ketones (excluding diaryl/α,β-unsaturated/α-hetero) is 1. The highest BCUT2D eigenvalue weighted by atomic mass is 32.2. The van der Waals surface area contributed by atoms with E-state index in [0.29, 0.717) is 28.5 Å². The number of aromatic nitrogens is 1. The highest BCUT2D eigenvalue weighted by molar-refractivity contribution is 7.89. The van der Waals surface area contributed by atoms with E-state index in [-0.39, 0.29) is 34.6 Å². The number of aliphatic hydroxyl groups is 2. The third-order valence-electron chi connectivity index (χ3n) is 7.45. The van der Waals surface area contributed by atoms with Gasteiger partial charge in [-0.05, 0) is 61.2 Å². The summed E-state index contributed by atoms with van der Waals surface area (Å²) >= 11 is 0. The van der Waals surface area contributed by atoms with Crippen LogP contribution >= 0.6 is 0 Å². The standard InChI is InChI=1S/C28H30N2O7S.3H2/c1-2-27(16-31,17-32)30-38(34,35)22-9-6-19(7-10-22)23-5-3-4-21(29-23)15-26(33)28(12-13-28)20-8-11-24-25(14-20)37-18-36-24;;;/h3-11,14,30-32H,2,12-13,15-18H2,1H3;3*1H. The third-order valence-corrected chi connectivity index (χ3v) is 9.05. The second-order valence-electron chi connectivity index (χ2n) is 9.84. The fourth-order valence-electron chi connectivity index (χ4n) is 4.68. The number of ketones is 1. The van der Waals surface area contributed by atoms with Crippen molar-refractivity contribution >= 4 is 15.8 Å². The van der Waals surface area contributed by atoms with Gasteiger partial charge in [0.15, 0.2) is 11.5 Å². The second kappa shape index (κ2) is 10.1. The van der Waals surface area contributed by atoms with Gasteiger partial charge in [-0.15, -0.1) is 0 Å². The number of carbonyl (C=O) groups is 1. The summed E-state index contributed by atoms with van der Waals surface area (Å²) in [7, 11) is -3.97. The van der Waals surface area contributed by atoms with E-state index >= 15 is 0 Å². The first-order chi connectivity index (χ1) is 18.2. The minimum Gasteiger partial charge on any atom is -0.454 e. The van der Waals surface area contributed by atoms with Crippen molar-refractivity contribution in [2.75, 3.05) is 20.0 Å². The Morgan fingerprint density at radius 3 is 2.42 bits per heavy atom. The number of aliphatic hydroxyl groups excluding tert-OH is 2. The lowest BCUT2D eigenvalue weighted by Crippen LogP contribution is -2.53. The summed E-state index contributed by atoms with van der Waals surface area (Å²) in [6.45, 7) is 0.817. The largest absolute Gasteiger partial charge is 0.454 e. The van der Waals surface area contributed by atoms with Gasteiger partial charge in [0.05, 0.1) is 34.8 Å². The molecule has 2 aromatic carbocycles. The maximum atomic E-state index is 13.4. The Kier molecular flexibility index (Phi) is 6.99. The molecule has 2 heterocycles. The SMILES string of the molecule is CCC(CO)(CO)NS(=O)(=O)c1ccc(-c2cccc(CC(=O)C3(c4ccc5c(c4)OCO5)CC3)n2)cc1.[HH].[HH].[HH]. The summed E-state index contributed by atoms with van der Waals surface area (Å²) in [4.78, 5) is 18.0. The van der Waals surface area contributed by atoms with Crippen LogP contribution in [-0.4, -0.2) is 54.9 Å². The Hall–Kier alpha value is -3.31. The van der Waals surface area contributed by atoms with Crippen molar-refractivity contribution in [3.8, 4) is 22.8 Å². The van der Waals surface area contributed by atoms with E-state index in [0.717, 1.165) is 18.4 Å². The Morgan fingerprint density at radius 1 is 1.05 bits per heavy atom. The molecular formula is C28H36N2O7S. The van der Waals surface area contributed by atoms with Crippen molar-refractivity contribution in [3.05, 3.63) is 71.9 Å². The van der Waals surface area contributed by atoms with Gasteiger partial charge < -0.3 is 19.7 Å². The van der Waals surface area contributed by atoms with Gasteiger partial charge in [0.25, 0.3) is 0 Å². The summed E-state index contributed by atoms with van der Waals surface area (Å²) in [6, 6.07) is 17.3. The van der Waals surface area contributed by atoms with Crippen LogP contribution < -0.4 is 14.2 Å². The summed E-state index contributed by atoms with van der Waals surface area (Å²) in [5.41, 5.74) is 1.02. The van der Waals surface area contributed by atoms with Crippen LogP contribution in [0.3, 0.4) is 0 Å². The zero-order chi connectivity index (χ0) is 27.0. The molecule has 10 heteroatoms. The monoisotopic (exact) mass is 544 g/mol. The van der Waals surface area contributed by atoms with Gasteiger partial charge in [0.1, 0.15) is 5.78 Å². The number of nitrogens with one attached hydrogen (secondary N) is 1. The maximum Gasteiger partial charge on any atom is 0.241 e. The van der Waals surface area contributed by atoms with Crippen LogP contribution in [0.1, 0.15) is 41.7 Å². The van der Waals surface area contributed by atoms with Gasteiger partial charge in [-0.3, -0.25) is 9.78 Å². The van der Waals surface area contributed by atoms with Crippen LogP contribution in [0.4, 0.5) is 0 Å². The van der Waals surface area contributed by atoms with E-state index in [4.69, 9.17) is 9.47 Å². The van der Waals surface area contributed by atoms with Gasteiger partial charge >= 0.3 is 0 Å². The molecule has 3 aromatic rings. The molecule has 38 heavy (non-hydrogen) atoms. The molecular weight excluding hydrogens is 508 g/mol. The molecule has 0 atom stereocenters. The molecule has 0 radical (unpaired) electrons. The minimum atomic E-state index is -3.97. The van der Waals surface area contributed by atoms with Crippen molar-refractivity contribution in [2.24, 2.45) is 0 Å². The van der Waals surface area contributed by atoms with E-state index < -0.39 is 34.2 Å². The maximum absolute atomic E-state index is 13.4. The average Bonchev–Trinajstić information content (AvgIpc) is 3.62. The number of nitrogens with zero attached hydrogens (tertiary/aromatic N) is 1. The molecule has 0 spiro atoms. The smallest absolute Gasteiger partial charge is 0.241 e. The van der Waals surface area contributed by atoms with Crippen molar-refractivity contribution in [1.82, 2.24) is 9.71 Å². The van der Waals surface area contributed by atoms with E-state index in [1.165, 1.54) is 12.1 Å². The highest BCUT2D eigenvalue weighted by Crippen LogP contribution is 2.51. The van der Waals surface area contributed by atoms with E-state index in [1.54, 1.807) is 25.1 Å². The number of carbonyl (C=O) groups excluding carboxylic acids is 1. The lowest BCUT2D eigenvalue weighted by molar-refractivity contribution is -0.120. The van der Waals surface area contributed by atoms with Crippen LogP contribution in [0, 0.1) is 0 Å². The van der Waals surface area contributed by atoms with Crippen molar-refractivity contribution < 1.29 is 37.2 Å². The molecule has 1 saturated carbocycles. The van der Waals surface area contributed by atoms with Crippen LogP contribution in [0.2, 0.25) is 0 Å². The molecule has 0 amide bonds. The number of ether oxygens (including phenoxy) is 2. The quantitative estimate of drug-likeness (QED) is 0.334. The number of pyridine rings is 1. The first-order valence-electron chi connectivity index (χ1n) is 12.5. The van der Waals surface area contributed by atoms with Crippen molar-refractivity contribution in [3.63, 3.8) is 0 Å². The van der Waals surface area contributed by atoms with Gasteiger partial charge in [0.2, 0.25) is 16.8 Å². The van der Waals surface area contributed by atoms with E-state index in [9.17, 15) is 23.4 Å². The van der Waals surface area contributed by atoms with E-state index in [1.807, 2.05) is 30.3 Å². The molecule has 0 unspecified atom stereocenters. The predicted molar refractivity (Wildman–Crippen MR) is 146 cm³/mol. The zero-order valence-corrected chi connectivity index (χ0v) is 21.8. The first-order valence-corrected chi connectivity index (χ1v) is 14.0. The Bertz CT molecular complexity index is 1450. The van der Waals surface area contributed by atoms with Crippen LogP contribution in [0.15, 0.2) is 65.6 Å². The summed E-state index contributed by atoms with van der Waals surface area (Å²) in [5, 5.41) is 19.2. The molecule has 1 aliphatic carbocycles. The summed E-state index contributed by atoms with van der Waals surface area (Å²) in [6.07, 6.45) is 1.96. The van der Waals surface area contributed by atoms with Crippen molar-refractivity contribution in [2.45, 2.75) is 48.5 Å². The number of fused-ring (bicyclic) bond motifs is 1. The Balaban J connectivity index is 0.00000196. The Morgan fingerprint density at radius 2 is 1.76 bits per heavy atom. The molecule has 1 aliphatic heterocycles. The van der Waals surface area contributed by atoms with Gasteiger partial charge in [0, 0.05) is 22.0 Å². The van der Waals surface area contributed by atoms with Crippen LogP contribution in [0.5, 0.6) is 11.5 Å². The normalized spacial score (nSPS) is 15.9. The lowest BCUT2D eigenvalue weighted by Gasteiger charge is -2.29. The summed E-state index contributed by atoms with van der Waals surface area (Å²) < 4.78 is 38.9. The lowest BCUT2D eigenvalue weighted by atomic mass is 9.88. The van der Waals surface area contributed by atoms with Crippen molar-refractivity contribution in [1.29, 1.82) is 0 Å². The molecule has 9 nitrogen and oxygen atoms in total. The molecule has 1 aromatic heterocycles. The van der Waals surface area contributed by atoms with Gasteiger partial charge in [-0.1, -0.05) is 31.2 Å². The molecule has 2 aliphatic rings. The average molecular weight is 545 g/mol. The van der Waals surface area contributed by atoms with Gasteiger partial charge in [-0.25, -0.2) is 13.1 Å². The predicted octanol–water partition coefficient (Wildman–Crippen LogP) is 3.47. The molecule has 0 saturated heterocycles. The number of benzene rings is 2. The van der Waals surface area contributed by atoms with Crippen LogP contribution in [0.25, 0.3) is 11.3 Å². The van der Waals surface area contributed by atoms with E-state index in [2.05, 4.69) is 9.71 Å². The molecule has 5 rings (SSSR count). The fraction of sp³-hybridized carbons (Fsp3) is 0.357. The molecule has 3 N–H and O–H groups in total. The van der Waals surface area contributed by atoms with Gasteiger partial charge in [-0.2, -0.15) is 0 Å². The number of hydrogen-bond donors (Lipinski definition) is 3. The highest BCUT2D eigenvalue weighted by Gasteiger charge is 2.51. The molecule has 206 valence electrons. The minimum absolute atomic E-state index is 0. The number of sulfonamides is 1. The summed E-state index contributed by atoms with van der Waals surface area (Å²) in [5.74, 6) is 1.45. The first kappa shape index (κ1) is 26.3. The molecule has 0 bridgehead atoms.